The van der Waals surface area contributed by atoms with Gasteiger partial charge >= 0.3 is 57.2 Å². The molecule has 11 heterocycles. The maximum atomic E-state index is 12.9. The van der Waals surface area contributed by atoms with E-state index in [9.17, 15) is 53.9 Å². The number of aliphatic imine (C=N–C) groups is 1. The van der Waals surface area contributed by atoms with Gasteiger partial charge in [0, 0.05) is 152 Å². The molecule has 4 saturated heterocycles. The molecule has 638 valence electrons. The van der Waals surface area contributed by atoms with Gasteiger partial charge in [0.1, 0.15) is 36.7 Å². The monoisotopic (exact) mass is 1700 g/mol. The van der Waals surface area contributed by atoms with Gasteiger partial charge in [0.05, 0.1) is 52.8 Å². The smallest absolute Gasteiger partial charge is 0.270 e. The minimum absolute atomic E-state index is 0.0207. The molecule has 5 amide bonds. The number of likely N-dealkylation sites (N-methyl/N-ethyl adjacent to an activating group) is 1. The molecule has 13 rings (SSSR count). The first-order valence-electron chi connectivity index (χ1n) is 37.4. The number of carboxylic acids is 1. The fourth-order valence-corrected chi connectivity index (χ4v) is 13.2. The number of aromatic nitrogens is 8. The number of aromatic carboxylic acids is 1. The summed E-state index contributed by atoms with van der Waals surface area (Å²) >= 11 is 2.41. The number of amides is 5. The maximum absolute atomic E-state index is 12.9. The van der Waals surface area contributed by atoms with Crippen LogP contribution < -0.4 is 27.4 Å². The van der Waals surface area contributed by atoms with E-state index in [0.29, 0.717) is 81.1 Å². The summed E-state index contributed by atoms with van der Waals surface area (Å²) in [6, 6.07) is 25.6. The molecule has 0 aliphatic carbocycles. The molecular weight excluding hydrogens is 1590 g/mol. The van der Waals surface area contributed by atoms with Crippen molar-refractivity contribution in [1.82, 2.24) is 74.4 Å². The number of morpholine rings is 1. The standard InChI is InChI=1S/C26H30N6O4S.C17H24N2O4.C10H15N6O.C9H8N4OS.C9H16N2.C5H11NO.F6P/c1-26(2,3)36-25(35)32-14-12-31(13-15-32)16-17-4-6-18(7-5-17)22(34)30-24-20(21(27)33)29-23(37-24)19-8-10-28-11-9-19;1-17(2,3)23-16(22)19-10-8-18(9-11-19)12-13-4-6-14(7-5-13)15(20)21;1-14(2)10(15(3)4)17-16-9-8(12-13-16)6-5-7-11-9;10-7(14)6-8(11)15-9(13-6)5-1-3-12-4-2-5;1-2-5-9-10-6-4-8-11(9)7-3-1;1-6-2-4-7-5-3-6;1-7(2,3,4,5)6/h4-11H,12-16H2,1-3H3,(H2,27,33)(H,30,34);4-7H,8-12H2,1-3H3,(H,20,21);5-7H,1-4H3;1-4H,11H2,(H2,10,14);1-8H2;2-5H2,1H3;/q;;+1;;;;-1. The Labute approximate surface area is 682 Å². The summed E-state index contributed by atoms with van der Waals surface area (Å²) in [4.78, 5) is 117. The van der Waals surface area contributed by atoms with Crippen LogP contribution in [0.1, 0.15) is 126 Å². The number of carboxylic acid groups (broad SMARTS) is 1. The number of halogens is 6. The van der Waals surface area contributed by atoms with Crippen molar-refractivity contribution in [3.8, 4) is 21.1 Å². The maximum Gasteiger partial charge on any atom is 0.270 e. The third-order valence-corrected chi connectivity index (χ3v) is 19.0. The van der Waals surface area contributed by atoms with Crippen molar-refractivity contribution < 1.29 is 82.7 Å². The van der Waals surface area contributed by atoms with Gasteiger partial charge in [0.15, 0.2) is 11.4 Å². The summed E-state index contributed by atoms with van der Waals surface area (Å²) in [5.74, 6) is -1.20. The number of nitrogens with two attached hydrogens (primary N) is 3. The summed E-state index contributed by atoms with van der Waals surface area (Å²) in [5.41, 5.74) is 21.2. The number of amidine groups is 2. The van der Waals surface area contributed by atoms with Crippen LogP contribution in [0.15, 0.2) is 121 Å². The quantitative estimate of drug-likeness (QED) is 0.0249. The van der Waals surface area contributed by atoms with Crippen LogP contribution in [0.3, 0.4) is 0 Å². The van der Waals surface area contributed by atoms with Crippen LogP contribution in [-0.2, 0) is 27.3 Å². The van der Waals surface area contributed by atoms with Gasteiger partial charge in [-0.05, 0) is 150 Å². The van der Waals surface area contributed by atoms with E-state index >= 15 is 0 Å². The number of benzene rings is 2. The van der Waals surface area contributed by atoms with Gasteiger partial charge < -0.3 is 61.4 Å². The molecule has 0 saturated carbocycles. The van der Waals surface area contributed by atoms with Crippen molar-refractivity contribution in [3.63, 3.8) is 0 Å². The van der Waals surface area contributed by atoms with Gasteiger partial charge in [-0.15, -0.1) is 5.10 Å². The Hall–Kier alpha value is -10.6. The first-order valence-corrected chi connectivity index (χ1v) is 41.1. The summed E-state index contributed by atoms with van der Waals surface area (Å²) in [6.07, 6.45) is 14.3. The molecule has 8 N–H and O–H groups in total. The zero-order valence-electron chi connectivity index (χ0n) is 67.4. The molecule has 32 nitrogen and oxygen atoms in total. The van der Waals surface area contributed by atoms with Crippen LogP contribution in [0.2, 0.25) is 0 Å². The van der Waals surface area contributed by atoms with E-state index < -0.39 is 36.8 Å². The Morgan fingerprint density at radius 2 is 1.10 bits per heavy atom. The van der Waals surface area contributed by atoms with Crippen molar-refractivity contribution in [1.29, 1.82) is 0 Å². The second kappa shape index (κ2) is 42.0. The number of hydrogen-bond donors (Lipinski definition) is 5. The number of anilines is 2. The molecule has 5 aliphatic rings. The number of piperazine rings is 2. The Morgan fingerprint density at radius 3 is 1.55 bits per heavy atom. The van der Waals surface area contributed by atoms with Gasteiger partial charge in [-0.3, -0.25) is 44.0 Å². The molecule has 41 heteroatoms. The Balaban J connectivity index is 0.000000203. The zero-order chi connectivity index (χ0) is 85.9. The Bertz CT molecular complexity index is 4620. The number of primary amides is 2. The van der Waals surface area contributed by atoms with Crippen molar-refractivity contribution in [2.24, 2.45) is 16.5 Å². The van der Waals surface area contributed by atoms with E-state index in [-0.39, 0.29) is 29.5 Å². The third kappa shape index (κ3) is 33.8. The number of carbonyl (C=O) groups excluding carboxylic acids is 5. The molecule has 8 aromatic rings. The molecule has 0 radical (unpaired) electrons. The minimum Gasteiger partial charge on any atom is -0.389 e. The molecule has 117 heavy (non-hydrogen) atoms. The third-order valence-electron chi connectivity index (χ3n) is 17.0. The number of rotatable bonds is 12. The van der Waals surface area contributed by atoms with Crippen molar-refractivity contribution in [2.45, 2.75) is 97.9 Å². The van der Waals surface area contributed by atoms with Crippen LogP contribution in [0.25, 0.3) is 32.3 Å². The number of thiazole rings is 2. The summed E-state index contributed by atoms with van der Waals surface area (Å²) in [5, 5.41) is 21.4. The number of nitrogen functional groups attached to an aromatic ring is 1. The second-order valence-corrected chi connectivity index (χ2v) is 33.5. The Kier molecular flexibility index (Phi) is 33.5. The van der Waals surface area contributed by atoms with Gasteiger partial charge in [-0.1, -0.05) is 53.4 Å². The molecule has 0 unspecified atom stereocenters. The number of nitrogens with zero attached hydrogens (tertiary/aromatic N) is 17. The molecule has 2 aromatic carbocycles. The van der Waals surface area contributed by atoms with Crippen LogP contribution in [0.4, 0.5) is 44.8 Å². The van der Waals surface area contributed by atoms with E-state index in [0.717, 1.165) is 87.8 Å². The van der Waals surface area contributed by atoms with Crippen LogP contribution in [0, 0.1) is 0 Å². The Morgan fingerprint density at radius 1 is 0.624 bits per heavy atom. The zero-order valence-corrected chi connectivity index (χ0v) is 69.9. The number of carbonyl (C=O) groups is 6. The molecule has 0 atom stereocenters. The van der Waals surface area contributed by atoms with E-state index in [1.807, 2.05) is 116 Å². The largest absolute Gasteiger partial charge is 0.389 e. The predicted molar refractivity (Wildman–Crippen MR) is 438 cm³/mol. The van der Waals surface area contributed by atoms with Crippen molar-refractivity contribution in [2.75, 3.05) is 145 Å². The van der Waals surface area contributed by atoms with E-state index in [1.54, 1.807) is 89.3 Å². The molecule has 4 fully saturated rings. The average Bonchev–Trinajstić information content (AvgIpc) is 1.78. The van der Waals surface area contributed by atoms with Gasteiger partial charge in [-0.2, -0.15) is 0 Å². The first kappa shape index (κ1) is 93.5. The minimum atomic E-state index is -10.7. The molecule has 0 spiro atoms. The molecule has 0 bridgehead atoms. The number of ether oxygens (including phenoxy) is 3. The number of nitrogens with one attached hydrogen (secondary N) is 1. The van der Waals surface area contributed by atoms with Gasteiger partial charge in [-0.25, -0.2) is 38.8 Å². The average molecular weight is 1700 g/mol. The first-order chi connectivity index (χ1) is 54.9. The van der Waals surface area contributed by atoms with Crippen molar-refractivity contribution >= 4 is 99.4 Å². The summed E-state index contributed by atoms with van der Waals surface area (Å²) in [6.45, 7) is 25.8. The number of fused-ring (bicyclic) bond motifs is 2. The SMILES string of the molecule is C1CCC2=NCCCN2CC1.CC(C)(C)OC(=O)N1CCN(Cc2ccc(C(=O)Nc3sc(-c4ccncc4)nc3C(N)=O)cc2)CC1.CC(C)(C)OC(=O)N1CCN(Cc2ccc(C(=O)O)cc2)CC1.CN(C)C(On1nnc2cccnc21)=[N+](C)C.CN1CCOCC1.F[P-](F)(F)(F)(F)F.NC(=O)c1nc(-c2ccncc2)sc1N. The predicted octanol–water partition coefficient (Wildman–Crippen LogP) is 11.4. The van der Waals surface area contributed by atoms with Gasteiger partial charge in [0.25, 0.3) is 17.7 Å². The second-order valence-electron chi connectivity index (χ2n) is 29.6. The topological polar surface area (TPSA) is 383 Å². The summed E-state index contributed by atoms with van der Waals surface area (Å²) < 4.78 is 77.0. The van der Waals surface area contributed by atoms with Gasteiger partial charge in [0.2, 0.25) is 5.65 Å². The van der Waals surface area contributed by atoms with Crippen molar-refractivity contribution in [3.05, 3.63) is 150 Å². The van der Waals surface area contributed by atoms with Crippen LogP contribution in [0.5, 0.6) is 0 Å². The van der Waals surface area contributed by atoms with E-state index in [1.165, 1.54) is 78.5 Å². The van der Waals surface area contributed by atoms with Crippen LogP contribution in [-0.4, -0.2) is 277 Å². The fraction of sp³-hybridized carbons (Fsp3) is 0.461. The number of pyridine rings is 3. The van der Waals surface area contributed by atoms with E-state index in [4.69, 9.17) is 41.4 Å². The molecule has 6 aromatic heterocycles. The van der Waals surface area contributed by atoms with Crippen LogP contribution >= 0.6 is 30.5 Å². The molecular formula is C76H104F6N21O11PS2. The van der Waals surface area contributed by atoms with E-state index in [2.05, 4.69) is 72.2 Å². The fourth-order valence-electron chi connectivity index (χ4n) is 11.4. The number of hydrogen-bond acceptors (Lipinski definition) is 25. The normalized spacial score (nSPS) is 15.8. The molecule has 5 aliphatic heterocycles. The summed E-state index contributed by atoms with van der Waals surface area (Å²) in [7, 11) is -0.981.